The van der Waals surface area contributed by atoms with E-state index in [1.807, 2.05) is 38.1 Å². The van der Waals surface area contributed by atoms with Gasteiger partial charge >= 0.3 is 0 Å². The van der Waals surface area contributed by atoms with Crippen LogP contribution >= 0.6 is 0 Å². The Kier molecular flexibility index (Phi) is 6.47. The van der Waals surface area contributed by atoms with Crippen LogP contribution in [0, 0.1) is 6.92 Å². The van der Waals surface area contributed by atoms with Crippen molar-refractivity contribution in [3.63, 3.8) is 0 Å². The summed E-state index contributed by atoms with van der Waals surface area (Å²) in [6.07, 6.45) is 0. The van der Waals surface area contributed by atoms with Crippen molar-refractivity contribution < 1.29 is 4.74 Å². The molecule has 0 unspecified atom stereocenters. The molecule has 0 radical (unpaired) electrons. The lowest BCUT2D eigenvalue weighted by Gasteiger charge is -2.33. The molecule has 1 heterocycles. The number of anilines is 1. The second-order valence-electron chi connectivity index (χ2n) is 7.66. The van der Waals surface area contributed by atoms with Gasteiger partial charge in [-0.3, -0.25) is 0 Å². The Labute approximate surface area is 173 Å². The molecule has 152 valence electrons. The maximum Gasteiger partial charge on any atom is 0.148 e. The summed E-state index contributed by atoms with van der Waals surface area (Å²) in [5.74, 6) is 1.50. The maximum atomic E-state index is 5.55. The predicted molar refractivity (Wildman–Crippen MR) is 119 cm³/mol. The topological polar surface area (TPSA) is 51.1 Å². The van der Waals surface area contributed by atoms with Gasteiger partial charge < -0.3 is 9.64 Å². The van der Waals surface area contributed by atoms with E-state index in [4.69, 9.17) is 9.72 Å². The number of aromatic nitrogens is 3. The standard InChI is InChI=1S/C24H30N4O/c1-7-29-22-14-10-20(11-15-22)24-23(25-18(6)26-27-24)19-8-12-21(13-9-19)28(16(2)3)17(4)5/h8-17H,7H2,1-6H3. The fraction of sp³-hybridized carbons (Fsp3) is 0.375. The van der Waals surface area contributed by atoms with Crippen LogP contribution in [-0.2, 0) is 0 Å². The summed E-state index contributed by atoms with van der Waals surface area (Å²) < 4.78 is 5.55. The smallest absolute Gasteiger partial charge is 0.148 e. The Morgan fingerprint density at radius 2 is 1.34 bits per heavy atom. The Bertz CT molecular complexity index is 926. The minimum Gasteiger partial charge on any atom is -0.494 e. The summed E-state index contributed by atoms with van der Waals surface area (Å²) in [4.78, 5) is 7.11. The van der Waals surface area contributed by atoms with E-state index in [0.717, 1.165) is 28.3 Å². The van der Waals surface area contributed by atoms with Crippen LogP contribution in [0.25, 0.3) is 22.5 Å². The molecule has 5 nitrogen and oxygen atoms in total. The molecule has 0 aliphatic rings. The summed E-state index contributed by atoms with van der Waals surface area (Å²) in [5.41, 5.74) is 4.83. The third-order valence-corrected chi connectivity index (χ3v) is 4.78. The van der Waals surface area contributed by atoms with Gasteiger partial charge in [0.25, 0.3) is 0 Å². The molecule has 0 saturated carbocycles. The van der Waals surface area contributed by atoms with E-state index in [1.54, 1.807) is 0 Å². The lowest BCUT2D eigenvalue weighted by Crippen LogP contribution is -2.36. The van der Waals surface area contributed by atoms with Crippen LogP contribution in [0.15, 0.2) is 48.5 Å². The van der Waals surface area contributed by atoms with Crippen LogP contribution in [0.2, 0.25) is 0 Å². The van der Waals surface area contributed by atoms with E-state index in [1.165, 1.54) is 5.69 Å². The fourth-order valence-corrected chi connectivity index (χ4v) is 3.66. The van der Waals surface area contributed by atoms with E-state index in [2.05, 4.69) is 67.1 Å². The highest BCUT2D eigenvalue weighted by atomic mass is 16.5. The van der Waals surface area contributed by atoms with Crippen molar-refractivity contribution in [1.82, 2.24) is 15.2 Å². The van der Waals surface area contributed by atoms with Crippen LogP contribution in [0.5, 0.6) is 5.75 Å². The first-order valence-electron chi connectivity index (χ1n) is 10.2. The number of hydrogen-bond acceptors (Lipinski definition) is 5. The lowest BCUT2D eigenvalue weighted by atomic mass is 10.0. The highest BCUT2D eigenvalue weighted by Gasteiger charge is 2.16. The molecule has 5 heteroatoms. The molecular formula is C24H30N4O. The molecule has 0 atom stereocenters. The van der Waals surface area contributed by atoms with E-state index in [0.29, 0.717) is 24.5 Å². The third-order valence-electron chi connectivity index (χ3n) is 4.78. The van der Waals surface area contributed by atoms with Crippen LogP contribution < -0.4 is 9.64 Å². The monoisotopic (exact) mass is 390 g/mol. The average molecular weight is 391 g/mol. The quantitative estimate of drug-likeness (QED) is 0.530. The minimum absolute atomic E-state index is 0.434. The maximum absolute atomic E-state index is 5.55. The number of nitrogens with zero attached hydrogens (tertiary/aromatic N) is 4. The molecule has 0 bridgehead atoms. The summed E-state index contributed by atoms with van der Waals surface area (Å²) in [5, 5.41) is 8.64. The van der Waals surface area contributed by atoms with Crippen LogP contribution in [-0.4, -0.2) is 33.9 Å². The Morgan fingerprint density at radius 3 is 1.90 bits per heavy atom. The first kappa shape index (κ1) is 20.8. The molecule has 0 aliphatic carbocycles. The van der Waals surface area contributed by atoms with Crippen LogP contribution in [0.4, 0.5) is 5.69 Å². The normalized spacial score (nSPS) is 11.2. The lowest BCUT2D eigenvalue weighted by molar-refractivity contribution is 0.340. The van der Waals surface area contributed by atoms with Crippen molar-refractivity contribution >= 4 is 5.69 Å². The number of hydrogen-bond donors (Lipinski definition) is 0. The van der Waals surface area contributed by atoms with Gasteiger partial charge in [-0.2, -0.15) is 0 Å². The van der Waals surface area contributed by atoms with Crippen molar-refractivity contribution in [1.29, 1.82) is 0 Å². The van der Waals surface area contributed by atoms with Gasteiger partial charge in [-0.05, 0) is 77.9 Å². The first-order valence-corrected chi connectivity index (χ1v) is 10.2. The van der Waals surface area contributed by atoms with E-state index >= 15 is 0 Å². The molecular weight excluding hydrogens is 360 g/mol. The van der Waals surface area contributed by atoms with Crippen molar-refractivity contribution in [2.24, 2.45) is 0 Å². The van der Waals surface area contributed by atoms with Gasteiger partial charge in [0.15, 0.2) is 0 Å². The highest BCUT2D eigenvalue weighted by molar-refractivity contribution is 5.78. The molecule has 3 rings (SSSR count). The average Bonchev–Trinajstić information content (AvgIpc) is 2.69. The summed E-state index contributed by atoms with van der Waals surface area (Å²) in [6, 6.07) is 17.3. The molecule has 29 heavy (non-hydrogen) atoms. The van der Waals surface area contributed by atoms with Crippen molar-refractivity contribution in [3.8, 4) is 28.3 Å². The van der Waals surface area contributed by atoms with E-state index in [9.17, 15) is 0 Å². The van der Waals surface area contributed by atoms with E-state index < -0.39 is 0 Å². The summed E-state index contributed by atoms with van der Waals surface area (Å²) >= 11 is 0. The second-order valence-corrected chi connectivity index (χ2v) is 7.66. The van der Waals surface area contributed by atoms with Crippen LogP contribution in [0.1, 0.15) is 40.4 Å². The van der Waals surface area contributed by atoms with Crippen molar-refractivity contribution in [2.75, 3.05) is 11.5 Å². The molecule has 1 aromatic heterocycles. The van der Waals surface area contributed by atoms with Crippen molar-refractivity contribution in [2.45, 2.75) is 53.6 Å². The van der Waals surface area contributed by atoms with Gasteiger partial charge in [0.1, 0.15) is 23.0 Å². The minimum atomic E-state index is 0.434. The zero-order chi connectivity index (χ0) is 21.0. The Hall–Kier alpha value is -2.95. The van der Waals surface area contributed by atoms with Crippen molar-refractivity contribution in [3.05, 3.63) is 54.4 Å². The molecule has 0 aliphatic heterocycles. The van der Waals surface area contributed by atoms with Gasteiger partial charge in [0, 0.05) is 28.9 Å². The molecule has 0 spiro atoms. The van der Waals surface area contributed by atoms with Gasteiger partial charge in [-0.1, -0.05) is 12.1 Å². The van der Waals surface area contributed by atoms with Gasteiger partial charge in [0.2, 0.25) is 0 Å². The summed E-state index contributed by atoms with van der Waals surface area (Å²) in [7, 11) is 0. The highest BCUT2D eigenvalue weighted by Crippen LogP contribution is 2.31. The van der Waals surface area contributed by atoms with Crippen LogP contribution in [0.3, 0.4) is 0 Å². The largest absolute Gasteiger partial charge is 0.494 e. The predicted octanol–water partition coefficient (Wildman–Crippen LogP) is 5.54. The molecule has 0 N–H and O–H groups in total. The third kappa shape index (κ3) is 4.73. The number of aryl methyl sites for hydroxylation is 1. The number of ether oxygens (including phenoxy) is 1. The number of benzene rings is 2. The fourth-order valence-electron chi connectivity index (χ4n) is 3.66. The molecule has 0 fully saturated rings. The first-order chi connectivity index (χ1) is 13.9. The van der Waals surface area contributed by atoms with Gasteiger partial charge in [-0.25, -0.2) is 4.98 Å². The summed E-state index contributed by atoms with van der Waals surface area (Å²) in [6.45, 7) is 13.4. The number of rotatable bonds is 7. The van der Waals surface area contributed by atoms with Gasteiger partial charge in [0.05, 0.1) is 6.61 Å². The molecule has 2 aromatic carbocycles. The van der Waals surface area contributed by atoms with E-state index in [-0.39, 0.29) is 0 Å². The zero-order valence-corrected chi connectivity index (χ0v) is 18.2. The van der Waals surface area contributed by atoms with Gasteiger partial charge in [-0.15, -0.1) is 10.2 Å². The molecule has 0 amide bonds. The second kappa shape index (κ2) is 9.03. The molecule has 0 saturated heterocycles. The SMILES string of the molecule is CCOc1ccc(-c2nnc(C)nc2-c2ccc(N(C(C)C)C(C)C)cc2)cc1. The zero-order valence-electron chi connectivity index (χ0n) is 18.2. The Balaban J connectivity index is 1.99. The Morgan fingerprint density at radius 1 is 0.793 bits per heavy atom. The molecule has 3 aromatic rings.